The zero-order valence-corrected chi connectivity index (χ0v) is 9.83. The second-order valence-electron chi connectivity index (χ2n) is 3.29. The third-order valence-electron chi connectivity index (χ3n) is 2.28. The molecule has 2 aromatic carbocycles. The zero-order chi connectivity index (χ0) is 11.5. The van der Waals surface area contributed by atoms with Gasteiger partial charge in [-0.1, -0.05) is 24.3 Å². The maximum absolute atomic E-state index is 13.8. The fourth-order valence-electron chi connectivity index (χ4n) is 1.45. The number of benzene rings is 2. The van der Waals surface area contributed by atoms with Crippen molar-refractivity contribution >= 4 is 15.9 Å². The standard InChI is InChI=1S/C13H7BrFN/c14-12-3-1-2-11(13(12)15)10-6-4-9(8-16)5-7-10/h1-7H. The molecule has 0 aliphatic carbocycles. The molecule has 0 unspecified atom stereocenters. The van der Waals surface area contributed by atoms with Crippen LogP contribution in [0.3, 0.4) is 0 Å². The molecular formula is C13H7BrFN. The molecule has 0 bridgehead atoms. The maximum atomic E-state index is 13.8. The quantitative estimate of drug-likeness (QED) is 0.768. The zero-order valence-electron chi connectivity index (χ0n) is 8.24. The minimum atomic E-state index is -0.285. The molecule has 0 atom stereocenters. The minimum Gasteiger partial charge on any atom is -0.205 e. The lowest BCUT2D eigenvalue weighted by molar-refractivity contribution is 0.624. The molecule has 0 aliphatic rings. The molecule has 3 heteroatoms. The Hall–Kier alpha value is -1.66. The number of hydrogen-bond acceptors (Lipinski definition) is 1. The molecule has 16 heavy (non-hydrogen) atoms. The van der Waals surface area contributed by atoms with E-state index in [-0.39, 0.29) is 5.82 Å². The fraction of sp³-hybridized carbons (Fsp3) is 0. The summed E-state index contributed by atoms with van der Waals surface area (Å²) < 4.78 is 14.2. The van der Waals surface area contributed by atoms with Gasteiger partial charge in [-0.3, -0.25) is 0 Å². The van der Waals surface area contributed by atoms with E-state index >= 15 is 0 Å². The van der Waals surface area contributed by atoms with Gasteiger partial charge in [-0.05, 0) is 39.7 Å². The molecule has 0 heterocycles. The van der Waals surface area contributed by atoms with Crippen molar-refractivity contribution in [1.82, 2.24) is 0 Å². The Morgan fingerprint density at radius 2 is 1.75 bits per heavy atom. The van der Waals surface area contributed by atoms with Crippen molar-refractivity contribution in [1.29, 1.82) is 5.26 Å². The van der Waals surface area contributed by atoms with Gasteiger partial charge in [0, 0.05) is 5.56 Å². The molecule has 0 N–H and O–H groups in total. The predicted molar refractivity (Wildman–Crippen MR) is 64.3 cm³/mol. The molecule has 0 fully saturated rings. The van der Waals surface area contributed by atoms with Crippen LogP contribution in [-0.4, -0.2) is 0 Å². The highest BCUT2D eigenvalue weighted by atomic mass is 79.9. The van der Waals surface area contributed by atoms with E-state index in [0.29, 0.717) is 15.6 Å². The van der Waals surface area contributed by atoms with Gasteiger partial charge in [0.15, 0.2) is 0 Å². The molecule has 0 aromatic heterocycles. The average molecular weight is 276 g/mol. The first-order valence-corrected chi connectivity index (χ1v) is 5.46. The Bertz CT molecular complexity index is 555. The summed E-state index contributed by atoms with van der Waals surface area (Å²) in [6.45, 7) is 0. The van der Waals surface area contributed by atoms with Crippen molar-refractivity contribution < 1.29 is 4.39 Å². The van der Waals surface area contributed by atoms with E-state index in [0.717, 1.165) is 5.56 Å². The van der Waals surface area contributed by atoms with Gasteiger partial charge in [-0.15, -0.1) is 0 Å². The van der Waals surface area contributed by atoms with Crippen molar-refractivity contribution in [3.63, 3.8) is 0 Å². The van der Waals surface area contributed by atoms with Crippen LogP contribution in [-0.2, 0) is 0 Å². The van der Waals surface area contributed by atoms with Crippen molar-refractivity contribution in [3.8, 4) is 17.2 Å². The summed E-state index contributed by atoms with van der Waals surface area (Å²) in [7, 11) is 0. The second kappa shape index (κ2) is 4.46. The van der Waals surface area contributed by atoms with Crippen molar-refractivity contribution in [2.45, 2.75) is 0 Å². The highest BCUT2D eigenvalue weighted by Crippen LogP contribution is 2.27. The predicted octanol–water partition coefficient (Wildman–Crippen LogP) is 4.13. The van der Waals surface area contributed by atoms with Crippen LogP contribution >= 0.6 is 15.9 Å². The van der Waals surface area contributed by atoms with E-state index in [1.165, 1.54) is 0 Å². The van der Waals surface area contributed by atoms with Crippen LogP contribution in [0.1, 0.15) is 5.56 Å². The summed E-state index contributed by atoms with van der Waals surface area (Å²) >= 11 is 3.14. The Balaban J connectivity index is 2.51. The molecule has 0 aliphatic heterocycles. The summed E-state index contributed by atoms with van der Waals surface area (Å²) in [6.07, 6.45) is 0. The summed E-state index contributed by atoms with van der Waals surface area (Å²) in [6, 6.07) is 14.0. The monoisotopic (exact) mass is 275 g/mol. The molecule has 0 radical (unpaired) electrons. The Morgan fingerprint density at radius 3 is 2.38 bits per heavy atom. The highest BCUT2D eigenvalue weighted by molar-refractivity contribution is 9.10. The summed E-state index contributed by atoms with van der Waals surface area (Å²) in [5.41, 5.74) is 1.86. The second-order valence-corrected chi connectivity index (χ2v) is 4.14. The number of nitriles is 1. The minimum absolute atomic E-state index is 0.285. The first-order chi connectivity index (χ1) is 7.72. The molecule has 0 saturated carbocycles. The third-order valence-corrected chi connectivity index (χ3v) is 2.89. The van der Waals surface area contributed by atoms with Crippen LogP contribution in [0.2, 0.25) is 0 Å². The molecule has 78 valence electrons. The van der Waals surface area contributed by atoms with Gasteiger partial charge in [0.05, 0.1) is 16.1 Å². The van der Waals surface area contributed by atoms with E-state index < -0.39 is 0 Å². The molecular weight excluding hydrogens is 269 g/mol. The normalized spacial score (nSPS) is 9.81. The van der Waals surface area contributed by atoms with Crippen molar-refractivity contribution in [2.24, 2.45) is 0 Å². The van der Waals surface area contributed by atoms with Gasteiger partial charge >= 0.3 is 0 Å². The van der Waals surface area contributed by atoms with Gasteiger partial charge in [0.25, 0.3) is 0 Å². The maximum Gasteiger partial charge on any atom is 0.145 e. The SMILES string of the molecule is N#Cc1ccc(-c2cccc(Br)c2F)cc1. The van der Waals surface area contributed by atoms with Crippen LogP contribution in [0.4, 0.5) is 4.39 Å². The summed E-state index contributed by atoms with van der Waals surface area (Å²) in [5, 5.41) is 8.67. The van der Waals surface area contributed by atoms with Crippen LogP contribution < -0.4 is 0 Å². The van der Waals surface area contributed by atoms with Crippen molar-refractivity contribution in [3.05, 3.63) is 58.3 Å². The van der Waals surface area contributed by atoms with Gasteiger partial charge in [0.2, 0.25) is 0 Å². The third kappa shape index (κ3) is 1.98. The van der Waals surface area contributed by atoms with Crippen LogP contribution in [0.25, 0.3) is 11.1 Å². The largest absolute Gasteiger partial charge is 0.205 e. The topological polar surface area (TPSA) is 23.8 Å². The van der Waals surface area contributed by atoms with Gasteiger partial charge in [-0.2, -0.15) is 5.26 Å². The van der Waals surface area contributed by atoms with Crippen LogP contribution in [0.5, 0.6) is 0 Å². The van der Waals surface area contributed by atoms with Gasteiger partial charge in [0.1, 0.15) is 5.82 Å². The summed E-state index contributed by atoms with van der Waals surface area (Å²) in [5.74, 6) is -0.285. The first kappa shape index (κ1) is 10.8. The number of rotatable bonds is 1. The molecule has 0 amide bonds. The van der Waals surface area contributed by atoms with Crippen molar-refractivity contribution in [2.75, 3.05) is 0 Å². The first-order valence-electron chi connectivity index (χ1n) is 4.67. The summed E-state index contributed by atoms with van der Waals surface area (Å²) in [4.78, 5) is 0. The fourth-order valence-corrected chi connectivity index (χ4v) is 1.82. The van der Waals surface area contributed by atoms with Crippen LogP contribution in [0.15, 0.2) is 46.9 Å². The van der Waals surface area contributed by atoms with E-state index in [4.69, 9.17) is 5.26 Å². The van der Waals surface area contributed by atoms with E-state index in [9.17, 15) is 4.39 Å². The number of nitrogens with zero attached hydrogens (tertiary/aromatic N) is 1. The number of hydrogen-bond donors (Lipinski definition) is 0. The lowest BCUT2D eigenvalue weighted by atomic mass is 10.0. The molecule has 0 saturated heterocycles. The van der Waals surface area contributed by atoms with Gasteiger partial charge < -0.3 is 0 Å². The van der Waals surface area contributed by atoms with E-state index in [2.05, 4.69) is 15.9 Å². The average Bonchev–Trinajstić information content (AvgIpc) is 2.33. The van der Waals surface area contributed by atoms with Gasteiger partial charge in [-0.25, -0.2) is 4.39 Å². The Kier molecular flexibility index (Phi) is 3.02. The smallest absolute Gasteiger partial charge is 0.145 e. The number of halogens is 2. The molecule has 2 aromatic rings. The molecule has 1 nitrogen and oxygen atoms in total. The van der Waals surface area contributed by atoms with E-state index in [1.807, 2.05) is 6.07 Å². The molecule has 2 rings (SSSR count). The van der Waals surface area contributed by atoms with E-state index in [1.54, 1.807) is 42.5 Å². The highest BCUT2D eigenvalue weighted by Gasteiger charge is 2.07. The molecule has 0 spiro atoms. The lowest BCUT2D eigenvalue weighted by Gasteiger charge is -2.04. The van der Waals surface area contributed by atoms with Crippen LogP contribution in [0, 0.1) is 17.1 Å². The lowest BCUT2D eigenvalue weighted by Crippen LogP contribution is -1.85. The Morgan fingerprint density at radius 1 is 1.06 bits per heavy atom. The Labute approximate surface area is 101 Å².